The third-order valence-electron chi connectivity index (χ3n) is 5.21. The summed E-state index contributed by atoms with van der Waals surface area (Å²) in [4.78, 5) is 48.7. The Hall–Kier alpha value is -3.68. The zero-order valence-corrected chi connectivity index (χ0v) is 18.1. The number of anilines is 1. The van der Waals surface area contributed by atoms with Gasteiger partial charge in [-0.25, -0.2) is 4.79 Å². The number of fused-ring (bicyclic) bond motifs is 1. The average Bonchev–Trinajstić information content (AvgIpc) is 3.15. The van der Waals surface area contributed by atoms with Crippen LogP contribution in [0.25, 0.3) is 10.8 Å². The van der Waals surface area contributed by atoms with E-state index >= 15 is 0 Å². The van der Waals surface area contributed by atoms with Crippen molar-refractivity contribution in [2.45, 2.75) is 32.7 Å². The van der Waals surface area contributed by atoms with Crippen LogP contribution in [0, 0.1) is 5.92 Å². The molecule has 2 atom stereocenters. The zero-order valence-electron chi connectivity index (χ0n) is 18.1. The number of carbonyl (C=O) groups excluding carboxylic acids is 4. The summed E-state index contributed by atoms with van der Waals surface area (Å²) in [5.74, 6) is -1.57. The summed E-state index contributed by atoms with van der Waals surface area (Å²) in [6, 6.07) is 10.4. The molecule has 0 bridgehead atoms. The van der Waals surface area contributed by atoms with E-state index in [1.54, 1.807) is 25.1 Å². The van der Waals surface area contributed by atoms with Crippen molar-refractivity contribution in [1.82, 2.24) is 10.6 Å². The van der Waals surface area contributed by atoms with Gasteiger partial charge in [0.25, 0.3) is 5.91 Å². The van der Waals surface area contributed by atoms with Gasteiger partial charge in [-0.05, 0) is 42.7 Å². The van der Waals surface area contributed by atoms with E-state index in [0.717, 1.165) is 10.8 Å². The largest absolute Gasteiger partial charge is 0.463 e. The van der Waals surface area contributed by atoms with E-state index in [1.165, 1.54) is 13.0 Å². The van der Waals surface area contributed by atoms with Crippen molar-refractivity contribution in [2.24, 2.45) is 5.92 Å². The topological polar surface area (TPSA) is 114 Å². The van der Waals surface area contributed by atoms with Gasteiger partial charge in [0.05, 0.1) is 17.9 Å². The number of benzene rings is 2. The SMILES string of the molecule is CCOC(=O)C=C[C@H](C[C@@H]1CCNC1=O)NC(=O)c1cc2ccccc2cc1NC(C)=O. The maximum absolute atomic E-state index is 13.2. The maximum Gasteiger partial charge on any atom is 0.330 e. The lowest BCUT2D eigenvalue weighted by Gasteiger charge is -2.19. The van der Waals surface area contributed by atoms with Gasteiger partial charge in [-0.2, -0.15) is 0 Å². The first-order valence-corrected chi connectivity index (χ1v) is 10.6. The molecule has 0 aliphatic carbocycles. The van der Waals surface area contributed by atoms with Gasteiger partial charge in [-0.3, -0.25) is 14.4 Å². The van der Waals surface area contributed by atoms with Crippen molar-refractivity contribution in [2.75, 3.05) is 18.5 Å². The standard InChI is InChI=1S/C24H27N3O5/c1-3-32-22(29)9-8-19(12-18-10-11-25-23(18)30)27-24(31)20-13-16-6-4-5-7-17(16)14-21(20)26-15(2)28/h4-9,13-14,18-19H,3,10-12H2,1-2H3,(H,25,30)(H,26,28)(H,27,31)/t18-,19+/m0/s1. The van der Waals surface area contributed by atoms with Crippen LogP contribution in [0.2, 0.25) is 0 Å². The fourth-order valence-electron chi connectivity index (χ4n) is 3.71. The van der Waals surface area contributed by atoms with Crippen molar-refractivity contribution < 1.29 is 23.9 Å². The summed E-state index contributed by atoms with van der Waals surface area (Å²) in [6.45, 7) is 3.91. The van der Waals surface area contributed by atoms with Crippen LogP contribution in [0.3, 0.4) is 0 Å². The second-order valence-corrected chi connectivity index (χ2v) is 7.63. The Bertz CT molecular complexity index is 1060. The van der Waals surface area contributed by atoms with Crippen molar-refractivity contribution in [3.05, 3.63) is 54.1 Å². The van der Waals surface area contributed by atoms with Crippen LogP contribution in [0.1, 0.15) is 37.0 Å². The minimum absolute atomic E-state index is 0.0709. The quantitative estimate of drug-likeness (QED) is 0.434. The molecule has 0 unspecified atom stereocenters. The van der Waals surface area contributed by atoms with Crippen molar-refractivity contribution >= 4 is 40.2 Å². The van der Waals surface area contributed by atoms with Gasteiger partial charge in [-0.1, -0.05) is 30.3 Å². The molecule has 8 heteroatoms. The highest BCUT2D eigenvalue weighted by atomic mass is 16.5. The predicted octanol–water partition coefficient (Wildman–Crippen LogP) is 2.54. The van der Waals surface area contributed by atoms with Gasteiger partial charge in [0.1, 0.15) is 0 Å². The molecule has 0 saturated carbocycles. The monoisotopic (exact) mass is 437 g/mol. The average molecular weight is 437 g/mol. The van der Waals surface area contributed by atoms with Crippen LogP contribution in [0.5, 0.6) is 0 Å². The van der Waals surface area contributed by atoms with Crippen LogP contribution in [0.15, 0.2) is 48.6 Å². The molecule has 2 aromatic carbocycles. The van der Waals surface area contributed by atoms with E-state index in [4.69, 9.17) is 4.74 Å². The Kier molecular flexibility index (Phi) is 7.59. The second kappa shape index (κ2) is 10.6. The molecule has 3 amide bonds. The molecule has 168 valence electrons. The zero-order chi connectivity index (χ0) is 23.1. The van der Waals surface area contributed by atoms with Crippen LogP contribution < -0.4 is 16.0 Å². The number of rotatable bonds is 8. The molecule has 3 N–H and O–H groups in total. The van der Waals surface area contributed by atoms with Crippen molar-refractivity contribution in [3.8, 4) is 0 Å². The van der Waals surface area contributed by atoms with Gasteiger partial charge in [-0.15, -0.1) is 0 Å². The Labute approximate surface area is 186 Å². The molecule has 1 aliphatic rings. The molecule has 1 heterocycles. The van der Waals surface area contributed by atoms with E-state index in [-0.39, 0.29) is 24.3 Å². The summed E-state index contributed by atoms with van der Waals surface area (Å²) >= 11 is 0. The molecule has 3 rings (SSSR count). The van der Waals surface area contributed by atoms with E-state index < -0.39 is 17.9 Å². The fraction of sp³-hybridized carbons (Fsp3) is 0.333. The lowest BCUT2D eigenvalue weighted by atomic mass is 9.97. The smallest absolute Gasteiger partial charge is 0.330 e. The maximum atomic E-state index is 13.2. The first-order chi connectivity index (χ1) is 15.4. The Morgan fingerprint density at radius 2 is 1.94 bits per heavy atom. The van der Waals surface area contributed by atoms with Crippen LogP contribution in [0.4, 0.5) is 5.69 Å². The predicted molar refractivity (Wildman–Crippen MR) is 121 cm³/mol. The summed E-state index contributed by atoms with van der Waals surface area (Å²) in [5.41, 5.74) is 0.685. The first-order valence-electron chi connectivity index (χ1n) is 10.6. The number of nitrogens with one attached hydrogen (secondary N) is 3. The summed E-state index contributed by atoms with van der Waals surface area (Å²) in [6.07, 6.45) is 3.80. The molecule has 1 aliphatic heterocycles. The lowest BCUT2D eigenvalue weighted by molar-refractivity contribution is -0.137. The van der Waals surface area contributed by atoms with Crippen molar-refractivity contribution in [1.29, 1.82) is 0 Å². The van der Waals surface area contributed by atoms with Gasteiger partial charge < -0.3 is 20.7 Å². The number of amides is 3. The highest BCUT2D eigenvalue weighted by Gasteiger charge is 2.28. The van der Waals surface area contributed by atoms with Crippen molar-refractivity contribution in [3.63, 3.8) is 0 Å². The molecular formula is C24H27N3O5. The van der Waals surface area contributed by atoms with E-state index in [0.29, 0.717) is 30.6 Å². The van der Waals surface area contributed by atoms with Crippen LogP contribution >= 0.6 is 0 Å². The molecular weight excluding hydrogens is 410 g/mol. The Morgan fingerprint density at radius 1 is 1.22 bits per heavy atom. The Balaban J connectivity index is 1.88. The molecule has 32 heavy (non-hydrogen) atoms. The first kappa shape index (κ1) is 23.0. The van der Waals surface area contributed by atoms with Crippen LogP contribution in [-0.4, -0.2) is 42.9 Å². The van der Waals surface area contributed by atoms with E-state index in [9.17, 15) is 19.2 Å². The van der Waals surface area contributed by atoms with Gasteiger partial charge in [0, 0.05) is 31.5 Å². The lowest BCUT2D eigenvalue weighted by Crippen LogP contribution is -2.37. The minimum Gasteiger partial charge on any atom is -0.463 e. The summed E-state index contributed by atoms with van der Waals surface area (Å²) < 4.78 is 4.92. The van der Waals surface area contributed by atoms with Crippen LogP contribution in [-0.2, 0) is 19.1 Å². The minimum atomic E-state index is -0.572. The highest BCUT2D eigenvalue weighted by Crippen LogP contribution is 2.25. The molecule has 1 saturated heterocycles. The summed E-state index contributed by atoms with van der Waals surface area (Å²) in [5, 5.41) is 10.1. The third kappa shape index (κ3) is 5.94. The highest BCUT2D eigenvalue weighted by molar-refractivity contribution is 6.07. The van der Waals surface area contributed by atoms with E-state index in [2.05, 4.69) is 16.0 Å². The molecule has 0 spiro atoms. The third-order valence-corrected chi connectivity index (χ3v) is 5.21. The molecule has 1 fully saturated rings. The number of esters is 1. The van der Waals surface area contributed by atoms with Gasteiger partial charge in [0.15, 0.2) is 0 Å². The molecule has 0 aromatic heterocycles. The second-order valence-electron chi connectivity index (χ2n) is 7.63. The van der Waals surface area contributed by atoms with E-state index in [1.807, 2.05) is 24.3 Å². The number of ether oxygens (including phenoxy) is 1. The van der Waals surface area contributed by atoms with Gasteiger partial charge >= 0.3 is 5.97 Å². The molecule has 2 aromatic rings. The fourth-order valence-corrected chi connectivity index (χ4v) is 3.71. The van der Waals surface area contributed by atoms with Gasteiger partial charge in [0.2, 0.25) is 11.8 Å². The number of hydrogen-bond donors (Lipinski definition) is 3. The molecule has 8 nitrogen and oxygen atoms in total. The Morgan fingerprint density at radius 3 is 2.56 bits per heavy atom. The summed E-state index contributed by atoms with van der Waals surface area (Å²) in [7, 11) is 0. The normalized spacial score (nSPS) is 16.6. The number of carbonyl (C=O) groups is 4. The number of hydrogen-bond acceptors (Lipinski definition) is 5. The molecule has 0 radical (unpaired) electrons.